The minimum Gasteiger partial charge on any atom is -0.394 e. The number of amides is 3. The van der Waals surface area contributed by atoms with Gasteiger partial charge in [0.25, 0.3) is 0 Å². The molecular formula is C20H33N3O4S. The van der Waals surface area contributed by atoms with Gasteiger partial charge in [0.1, 0.15) is 6.04 Å². The molecule has 0 radical (unpaired) electrons. The van der Waals surface area contributed by atoms with Crippen LogP contribution in [0, 0.1) is 11.8 Å². The highest BCUT2D eigenvalue weighted by molar-refractivity contribution is 8.02. The number of fused-ring (bicyclic) bond motifs is 1. The van der Waals surface area contributed by atoms with Crippen LogP contribution >= 0.6 is 11.8 Å². The summed E-state index contributed by atoms with van der Waals surface area (Å²) in [6.07, 6.45) is 3.97. The molecule has 158 valence electrons. The molecule has 3 aliphatic rings. The van der Waals surface area contributed by atoms with Gasteiger partial charge in [-0.25, -0.2) is 0 Å². The molecule has 2 unspecified atom stereocenters. The van der Waals surface area contributed by atoms with Gasteiger partial charge in [0, 0.05) is 18.3 Å². The number of aliphatic hydroxyl groups is 1. The van der Waals surface area contributed by atoms with Gasteiger partial charge in [-0.05, 0) is 32.6 Å². The summed E-state index contributed by atoms with van der Waals surface area (Å²) in [7, 11) is 1.60. The number of rotatable bonds is 8. The van der Waals surface area contributed by atoms with Gasteiger partial charge in [0.05, 0.1) is 29.2 Å². The Hall–Kier alpha value is -1.28. The highest BCUT2D eigenvalue weighted by Crippen LogP contribution is 2.71. The highest BCUT2D eigenvalue weighted by atomic mass is 32.2. The Balaban J connectivity index is 2.03. The normalized spacial score (nSPS) is 37.1. The van der Waals surface area contributed by atoms with E-state index < -0.39 is 28.7 Å². The third-order valence-electron chi connectivity index (χ3n) is 6.90. The molecule has 3 saturated heterocycles. The average molecular weight is 412 g/mol. The van der Waals surface area contributed by atoms with Crippen molar-refractivity contribution in [3.05, 3.63) is 0 Å². The molecule has 0 aromatic rings. The van der Waals surface area contributed by atoms with E-state index in [1.807, 2.05) is 6.92 Å². The van der Waals surface area contributed by atoms with Gasteiger partial charge in [-0.15, -0.1) is 11.8 Å². The van der Waals surface area contributed by atoms with Crippen LogP contribution in [-0.4, -0.2) is 69.5 Å². The maximum Gasteiger partial charge on any atom is 0.244 e. The molecule has 3 rings (SSSR count). The maximum absolute atomic E-state index is 13.6. The van der Waals surface area contributed by atoms with E-state index in [4.69, 9.17) is 0 Å². The summed E-state index contributed by atoms with van der Waals surface area (Å²) in [6.45, 7) is 6.42. The van der Waals surface area contributed by atoms with E-state index in [9.17, 15) is 19.5 Å². The summed E-state index contributed by atoms with van der Waals surface area (Å²) in [5, 5.41) is 15.7. The Labute approximate surface area is 171 Å². The Morgan fingerprint density at radius 1 is 1.32 bits per heavy atom. The van der Waals surface area contributed by atoms with Crippen LogP contribution < -0.4 is 10.6 Å². The molecule has 0 aliphatic carbocycles. The second kappa shape index (κ2) is 7.86. The van der Waals surface area contributed by atoms with E-state index >= 15 is 0 Å². The average Bonchev–Trinajstić information content (AvgIpc) is 3.24. The van der Waals surface area contributed by atoms with Crippen molar-refractivity contribution in [3.63, 3.8) is 0 Å². The Morgan fingerprint density at radius 2 is 2.04 bits per heavy atom. The molecule has 3 amide bonds. The molecular weight excluding hydrogens is 378 g/mol. The SMILES string of the molecule is CCCCNC(=O)C1N([C@@H](CC)CO)C(=O)[C@@H]2[C@H](C(=O)NC)[C@]3(C)CCC12S3. The van der Waals surface area contributed by atoms with Gasteiger partial charge in [0.15, 0.2) is 0 Å². The molecule has 0 saturated carbocycles. The topological polar surface area (TPSA) is 98.7 Å². The van der Waals surface area contributed by atoms with Crippen LogP contribution in [-0.2, 0) is 14.4 Å². The van der Waals surface area contributed by atoms with Gasteiger partial charge in [-0.2, -0.15) is 0 Å². The Kier molecular flexibility index (Phi) is 6.01. The van der Waals surface area contributed by atoms with Crippen LogP contribution in [0.15, 0.2) is 0 Å². The monoisotopic (exact) mass is 411 g/mol. The predicted octanol–water partition coefficient (Wildman–Crippen LogP) is 0.901. The van der Waals surface area contributed by atoms with Crippen LogP contribution in [0.25, 0.3) is 0 Å². The zero-order valence-corrected chi connectivity index (χ0v) is 18.1. The quantitative estimate of drug-likeness (QED) is 0.516. The molecule has 3 N–H and O–H groups in total. The molecule has 3 heterocycles. The molecule has 0 aromatic heterocycles. The summed E-state index contributed by atoms with van der Waals surface area (Å²) in [5.41, 5.74) is 0. The van der Waals surface area contributed by atoms with Crippen molar-refractivity contribution >= 4 is 29.5 Å². The van der Waals surface area contributed by atoms with Crippen molar-refractivity contribution in [2.45, 2.75) is 74.5 Å². The summed E-state index contributed by atoms with van der Waals surface area (Å²) < 4.78 is -0.933. The van der Waals surface area contributed by atoms with E-state index in [1.54, 1.807) is 23.7 Å². The number of hydrogen-bond donors (Lipinski definition) is 3. The first-order valence-electron chi connectivity index (χ1n) is 10.4. The van der Waals surface area contributed by atoms with E-state index in [-0.39, 0.29) is 29.1 Å². The first kappa shape index (κ1) is 21.4. The number of nitrogens with one attached hydrogen (secondary N) is 2. The molecule has 0 aromatic carbocycles. The molecule has 1 spiro atoms. The largest absolute Gasteiger partial charge is 0.394 e. The van der Waals surface area contributed by atoms with Crippen LogP contribution in [0.3, 0.4) is 0 Å². The number of hydrogen-bond acceptors (Lipinski definition) is 5. The zero-order valence-electron chi connectivity index (χ0n) is 17.3. The molecule has 3 aliphatic heterocycles. The van der Waals surface area contributed by atoms with Crippen LogP contribution in [0.4, 0.5) is 0 Å². The van der Waals surface area contributed by atoms with Crippen molar-refractivity contribution in [2.75, 3.05) is 20.2 Å². The Bertz CT molecular complexity index is 655. The van der Waals surface area contributed by atoms with Crippen molar-refractivity contribution < 1.29 is 19.5 Å². The summed E-state index contributed by atoms with van der Waals surface area (Å²) in [4.78, 5) is 41.2. The van der Waals surface area contributed by atoms with Crippen LogP contribution in [0.1, 0.15) is 52.9 Å². The zero-order chi connectivity index (χ0) is 20.7. The lowest BCUT2D eigenvalue weighted by Gasteiger charge is -2.36. The predicted molar refractivity (Wildman–Crippen MR) is 109 cm³/mol. The van der Waals surface area contributed by atoms with Crippen molar-refractivity contribution in [2.24, 2.45) is 11.8 Å². The summed E-state index contributed by atoms with van der Waals surface area (Å²) in [5.74, 6) is -1.39. The standard InChI is InChI=1S/C20H33N3O4S/c1-5-7-10-22-17(26)15-20-9-8-19(3,28-20)13(16(25)21-4)14(20)18(27)23(15)12(6-2)11-24/h12-15,24H,5-11H2,1-4H3,(H,21,25)(H,22,26)/t12-,13+,14-,15?,19-,20?/m0/s1. The second-order valence-electron chi connectivity index (χ2n) is 8.48. The van der Waals surface area contributed by atoms with Gasteiger partial charge in [0.2, 0.25) is 17.7 Å². The fraction of sp³-hybridized carbons (Fsp3) is 0.850. The summed E-state index contributed by atoms with van der Waals surface area (Å²) in [6, 6.07) is -1.05. The van der Waals surface area contributed by atoms with E-state index in [0.717, 1.165) is 25.7 Å². The molecule has 7 nitrogen and oxygen atoms in total. The number of likely N-dealkylation sites (tertiary alicyclic amines) is 1. The fourth-order valence-electron chi connectivity index (χ4n) is 5.51. The maximum atomic E-state index is 13.6. The summed E-state index contributed by atoms with van der Waals surface area (Å²) >= 11 is 1.66. The van der Waals surface area contributed by atoms with E-state index in [0.29, 0.717) is 13.0 Å². The van der Waals surface area contributed by atoms with Gasteiger partial charge < -0.3 is 20.6 Å². The lowest BCUT2D eigenvalue weighted by atomic mass is 9.66. The number of aliphatic hydroxyl groups excluding tert-OH is 1. The van der Waals surface area contributed by atoms with Gasteiger partial charge >= 0.3 is 0 Å². The molecule has 3 fully saturated rings. The van der Waals surface area contributed by atoms with Crippen molar-refractivity contribution in [3.8, 4) is 0 Å². The van der Waals surface area contributed by atoms with Crippen LogP contribution in [0.5, 0.6) is 0 Å². The number of thioether (sulfide) groups is 1. The first-order chi connectivity index (χ1) is 13.3. The highest BCUT2D eigenvalue weighted by Gasteiger charge is 2.77. The lowest BCUT2D eigenvalue weighted by molar-refractivity contribution is -0.143. The second-order valence-corrected chi connectivity index (χ2v) is 10.4. The minimum atomic E-state index is -0.638. The molecule has 8 heteroatoms. The van der Waals surface area contributed by atoms with E-state index in [1.165, 1.54) is 0 Å². The van der Waals surface area contributed by atoms with Gasteiger partial charge in [-0.3, -0.25) is 14.4 Å². The van der Waals surface area contributed by atoms with Crippen molar-refractivity contribution in [1.82, 2.24) is 15.5 Å². The van der Waals surface area contributed by atoms with E-state index in [2.05, 4.69) is 24.5 Å². The smallest absolute Gasteiger partial charge is 0.244 e. The third kappa shape index (κ3) is 2.95. The molecule has 28 heavy (non-hydrogen) atoms. The number of carbonyl (C=O) groups is 3. The number of carbonyl (C=O) groups excluding carboxylic acids is 3. The lowest BCUT2D eigenvalue weighted by Crippen LogP contribution is -2.56. The van der Waals surface area contributed by atoms with Crippen LogP contribution in [0.2, 0.25) is 0 Å². The Morgan fingerprint density at radius 3 is 2.61 bits per heavy atom. The minimum absolute atomic E-state index is 0.126. The molecule has 2 bridgehead atoms. The van der Waals surface area contributed by atoms with Crippen molar-refractivity contribution in [1.29, 1.82) is 0 Å². The fourth-order valence-corrected chi connectivity index (χ4v) is 7.85. The van der Waals surface area contributed by atoms with Gasteiger partial charge in [-0.1, -0.05) is 20.3 Å². The third-order valence-corrected chi connectivity index (χ3v) is 8.88. The number of nitrogens with zero attached hydrogens (tertiary/aromatic N) is 1. The molecule has 6 atom stereocenters. The first-order valence-corrected chi connectivity index (χ1v) is 11.3. The number of unbranched alkanes of at least 4 members (excludes halogenated alkanes) is 1.